The van der Waals surface area contributed by atoms with E-state index in [4.69, 9.17) is 0 Å². The molecule has 0 fully saturated rings. The second-order valence-electron chi connectivity index (χ2n) is 4.42. The van der Waals surface area contributed by atoms with E-state index in [-0.39, 0.29) is 5.91 Å². The highest BCUT2D eigenvalue weighted by Crippen LogP contribution is 2.04. The van der Waals surface area contributed by atoms with Gasteiger partial charge in [-0.1, -0.05) is 30.3 Å². The largest absolute Gasteiger partial charge is 0.356 e. The van der Waals surface area contributed by atoms with Crippen molar-refractivity contribution in [3.05, 3.63) is 47.5 Å². The third-order valence-electron chi connectivity index (χ3n) is 2.79. The minimum atomic E-state index is -0.0279. The molecule has 0 radical (unpaired) electrons. The Kier molecular flexibility index (Phi) is 4.66. The quantitative estimate of drug-likeness (QED) is 0.819. The number of aromatic nitrogens is 3. The molecule has 0 unspecified atom stereocenters. The van der Waals surface area contributed by atoms with Crippen molar-refractivity contribution < 1.29 is 4.79 Å². The number of nitrogens with one attached hydrogen (secondary N) is 2. The molecule has 0 aliphatic carbocycles. The average Bonchev–Trinajstić information content (AvgIpc) is 2.85. The summed E-state index contributed by atoms with van der Waals surface area (Å²) in [7, 11) is 0. The van der Waals surface area contributed by atoms with E-state index in [9.17, 15) is 4.79 Å². The van der Waals surface area contributed by atoms with Crippen LogP contribution in [0.1, 0.15) is 24.1 Å². The molecule has 1 aromatic carbocycles. The second kappa shape index (κ2) is 6.68. The normalized spacial score (nSPS) is 10.4. The fourth-order valence-electron chi connectivity index (χ4n) is 1.82. The first-order chi connectivity index (χ1) is 9.24. The number of amides is 1. The summed E-state index contributed by atoms with van der Waals surface area (Å²) in [5.74, 6) is 1.61. The van der Waals surface area contributed by atoms with Crippen LogP contribution in [0.5, 0.6) is 0 Å². The van der Waals surface area contributed by atoms with Gasteiger partial charge < -0.3 is 5.32 Å². The van der Waals surface area contributed by atoms with Crippen molar-refractivity contribution in [2.75, 3.05) is 6.54 Å². The number of benzene rings is 1. The number of hydrogen-bond acceptors (Lipinski definition) is 3. The molecular weight excluding hydrogens is 240 g/mol. The first-order valence-corrected chi connectivity index (χ1v) is 6.42. The van der Waals surface area contributed by atoms with Gasteiger partial charge in [-0.3, -0.25) is 9.89 Å². The number of aryl methyl sites for hydroxylation is 2. The first-order valence-electron chi connectivity index (χ1n) is 6.42. The zero-order valence-electron chi connectivity index (χ0n) is 11.0. The minimum Gasteiger partial charge on any atom is -0.356 e. The van der Waals surface area contributed by atoms with Crippen molar-refractivity contribution in [2.24, 2.45) is 0 Å². The Balaban J connectivity index is 1.79. The zero-order chi connectivity index (χ0) is 13.5. The van der Waals surface area contributed by atoms with Crippen molar-refractivity contribution >= 4 is 5.91 Å². The van der Waals surface area contributed by atoms with Crippen molar-refractivity contribution in [2.45, 2.75) is 26.2 Å². The fraction of sp³-hybridized carbons (Fsp3) is 0.357. The van der Waals surface area contributed by atoms with Gasteiger partial charge in [-0.2, -0.15) is 5.10 Å². The molecule has 5 nitrogen and oxygen atoms in total. The van der Waals surface area contributed by atoms with Crippen molar-refractivity contribution in [3.8, 4) is 0 Å². The van der Waals surface area contributed by atoms with Crippen molar-refractivity contribution in [3.63, 3.8) is 0 Å². The van der Waals surface area contributed by atoms with Crippen LogP contribution in [0.3, 0.4) is 0 Å². The fourth-order valence-corrected chi connectivity index (χ4v) is 1.82. The second-order valence-corrected chi connectivity index (χ2v) is 4.42. The van der Waals surface area contributed by atoms with E-state index in [0.717, 1.165) is 24.5 Å². The Morgan fingerprint density at radius 1 is 1.21 bits per heavy atom. The molecule has 0 spiro atoms. The smallest absolute Gasteiger partial charge is 0.216 e. The molecule has 100 valence electrons. The van der Waals surface area contributed by atoms with E-state index in [1.807, 2.05) is 18.2 Å². The van der Waals surface area contributed by atoms with E-state index in [1.54, 1.807) is 0 Å². The molecule has 0 bridgehead atoms. The number of carbonyl (C=O) groups excluding carboxylic acids is 1. The average molecular weight is 258 g/mol. The Labute approximate surface area is 112 Å². The van der Waals surface area contributed by atoms with E-state index in [1.165, 1.54) is 12.5 Å². The molecule has 2 rings (SSSR count). The number of rotatable bonds is 6. The van der Waals surface area contributed by atoms with Crippen LogP contribution in [-0.4, -0.2) is 27.6 Å². The van der Waals surface area contributed by atoms with Crippen molar-refractivity contribution in [1.29, 1.82) is 0 Å². The van der Waals surface area contributed by atoms with Gasteiger partial charge >= 0.3 is 0 Å². The number of H-pyrrole nitrogens is 1. The molecule has 0 atom stereocenters. The molecule has 19 heavy (non-hydrogen) atoms. The maximum absolute atomic E-state index is 10.7. The molecule has 1 aromatic heterocycles. The Bertz CT molecular complexity index is 521. The monoisotopic (exact) mass is 258 g/mol. The summed E-state index contributed by atoms with van der Waals surface area (Å²) in [6.45, 7) is 2.08. The number of carbonyl (C=O) groups is 1. The third kappa shape index (κ3) is 4.54. The highest BCUT2D eigenvalue weighted by Gasteiger charge is 2.03. The highest BCUT2D eigenvalue weighted by atomic mass is 16.1. The number of hydrogen-bond donors (Lipinski definition) is 2. The zero-order valence-corrected chi connectivity index (χ0v) is 11.0. The van der Waals surface area contributed by atoms with Crippen LogP contribution >= 0.6 is 0 Å². The Morgan fingerprint density at radius 2 is 2.00 bits per heavy atom. The van der Waals surface area contributed by atoms with Crippen LogP contribution < -0.4 is 5.32 Å². The summed E-state index contributed by atoms with van der Waals surface area (Å²) in [6, 6.07) is 10.3. The summed E-state index contributed by atoms with van der Waals surface area (Å²) in [6.07, 6.45) is 2.44. The lowest BCUT2D eigenvalue weighted by Crippen LogP contribution is -2.22. The van der Waals surface area contributed by atoms with E-state index >= 15 is 0 Å². The summed E-state index contributed by atoms with van der Waals surface area (Å²) in [5, 5.41) is 9.81. The molecule has 0 saturated heterocycles. The maximum Gasteiger partial charge on any atom is 0.216 e. The molecule has 5 heteroatoms. The third-order valence-corrected chi connectivity index (χ3v) is 2.79. The summed E-state index contributed by atoms with van der Waals surface area (Å²) >= 11 is 0. The van der Waals surface area contributed by atoms with Gasteiger partial charge in [0.05, 0.1) is 0 Å². The minimum absolute atomic E-state index is 0.0279. The van der Waals surface area contributed by atoms with E-state index in [0.29, 0.717) is 13.0 Å². The predicted octanol–water partition coefficient (Wildman–Crippen LogP) is 1.27. The molecule has 0 aliphatic heterocycles. The molecule has 0 aliphatic rings. The SMILES string of the molecule is CC(=O)NCCc1n[nH]c(CCc2ccccc2)n1. The van der Waals surface area contributed by atoms with Crippen LogP contribution in [-0.2, 0) is 24.1 Å². The molecule has 1 amide bonds. The molecule has 2 aromatic rings. The van der Waals surface area contributed by atoms with Crippen LogP contribution in [0, 0.1) is 0 Å². The van der Waals surface area contributed by atoms with E-state index in [2.05, 4.69) is 32.6 Å². The van der Waals surface area contributed by atoms with Gasteiger partial charge in [-0.25, -0.2) is 4.98 Å². The van der Waals surface area contributed by atoms with Crippen LogP contribution in [0.4, 0.5) is 0 Å². The summed E-state index contributed by atoms with van der Waals surface area (Å²) in [5.41, 5.74) is 1.29. The van der Waals surface area contributed by atoms with Gasteiger partial charge in [0, 0.05) is 26.3 Å². The highest BCUT2D eigenvalue weighted by molar-refractivity contribution is 5.72. The maximum atomic E-state index is 10.7. The lowest BCUT2D eigenvalue weighted by atomic mass is 10.1. The molecule has 2 N–H and O–H groups in total. The van der Waals surface area contributed by atoms with Gasteiger partial charge in [0.15, 0.2) is 5.82 Å². The van der Waals surface area contributed by atoms with Gasteiger partial charge in [0.1, 0.15) is 5.82 Å². The molecule has 0 saturated carbocycles. The number of nitrogens with zero attached hydrogens (tertiary/aromatic N) is 2. The van der Waals surface area contributed by atoms with Gasteiger partial charge in [-0.15, -0.1) is 0 Å². The van der Waals surface area contributed by atoms with Crippen LogP contribution in [0.15, 0.2) is 30.3 Å². The molecule has 1 heterocycles. The van der Waals surface area contributed by atoms with Crippen LogP contribution in [0.2, 0.25) is 0 Å². The standard InChI is InChI=1S/C14H18N4O/c1-11(19)15-10-9-14-16-13(17-18-14)8-7-12-5-3-2-4-6-12/h2-6H,7-10H2,1H3,(H,15,19)(H,16,17,18). The van der Waals surface area contributed by atoms with Gasteiger partial charge in [0.2, 0.25) is 5.91 Å². The lowest BCUT2D eigenvalue weighted by molar-refractivity contribution is -0.118. The summed E-state index contributed by atoms with van der Waals surface area (Å²) < 4.78 is 0. The number of aromatic amines is 1. The Morgan fingerprint density at radius 3 is 2.74 bits per heavy atom. The van der Waals surface area contributed by atoms with Crippen LogP contribution in [0.25, 0.3) is 0 Å². The Hall–Kier alpha value is -2.17. The lowest BCUT2D eigenvalue weighted by Gasteiger charge is -1.98. The molecular formula is C14H18N4O. The van der Waals surface area contributed by atoms with Gasteiger partial charge in [0.25, 0.3) is 0 Å². The predicted molar refractivity (Wildman–Crippen MR) is 72.6 cm³/mol. The van der Waals surface area contributed by atoms with Gasteiger partial charge in [-0.05, 0) is 12.0 Å². The topological polar surface area (TPSA) is 70.7 Å². The van der Waals surface area contributed by atoms with E-state index < -0.39 is 0 Å². The van der Waals surface area contributed by atoms with Crippen molar-refractivity contribution in [1.82, 2.24) is 20.5 Å². The summed E-state index contributed by atoms with van der Waals surface area (Å²) in [4.78, 5) is 15.1. The first kappa shape index (κ1) is 13.3.